The highest BCUT2D eigenvalue weighted by Crippen LogP contribution is 2.23. The predicted molar refractivity (Wildman–Crippen MR) is 102 cm³/mol. The van der Waals surface area contributed by atoms with E-state index >= 15 is 0 Å². The summed E-state index contributed by atoms with van der Waals surface area (Å²) in [6.45, 7) is 1.29. The van der Waals surface area contributed by atoms with Crippen molar-refractivity contribution >= 4 is 39.5 Å². The molecule has 0 aromatic heterocycles. The molecule has 0 radical (unpaired) electrons. The molecule has 0 saturated carbocycles. The molecule has 0 unspecified atom stereocenters. The number of carbonyl (C=O) groups is 3. The Morgan fingerprint density at radius 1 is 1.04 bits per heavy atom. The molecule has 2 rings (SSSR count). The van der Waals surface area contributed by atoms with Gasteiger partial charge in [0.1, 0.15) is 5.75 Å². The Hall–Kier alpha value is -2.87. The van der Waals surface area contributed by atoms with Crippen molar-refractivity contribution in [2.24, 2.45) is 0 Å². The summed E-state index contributed by atoms with van der Waals surface area (Å²) in [7, 11) is 2.76. The minimum absolute atomic E-state index is 0.242. The zero-order valence-corrected chi connectivity index (χ0v) is 16.6. The Bertz CT molecular complexity index is 880. The van der Waals surface area contributed by atoms with E-state index in [4.69, 9.17) is 9.47 Å². The second-order valence-corrected chi connectivity index (χ2v) is 6.35. The molecule has 0 atom stereocenters. The topological polar surface area (TPSA) is 90.9 Å². The van der Waals surface area contributed by atoms with Gasteiger partial charge in [-0.05, 0) is 58.7 Å². The van der Waals surface area contributed by atoms with Crippen molar-refractivity contribution in [2.75, 3.05) is 26.1 Å². The van der Waals surface area contributed by atoms with Crippen molar-refractivity contribution in [3.05, 3.63) is 57.6 Å². The highest BCUT2D eigenvalue weighted by atomic mass is 79.9. The van der Waals surface area contributed by atoms with Gasteiger partial charge in [0, 0.05) is 10.2 Å². The second-order valence-electron chi connectivity index (χ2n) is 5.49. The van der Waals surface area contributed by atoms with E-state index < -0.39 is 24.5 Å². The van der Waals surface area contributed by atoms with Crippen LogP contribution in [0.1, 0.15) is 26.3 Å². The Kier molecular flexibility index (Phi) is 6.95. The van der Waals surface area contributed by atoms with E-state index in [1.54, 1.807) is 31.2 Å². The minimum atomic E-state index is -0.670. The summed E-state index contributed by atoms with van der Waals surface area (Å²) in [5.41, 5.74) is 1.72. The first kappa shape index (κ1) is 20.4. The lowest BCUT2D eigenvalue weighted by Crippen LogP contribution is -2.21. The van der Waals surface area contributed by atoms with Crippen molar-refractivity contribution in [3.63, 3.8) is 0 Å². The number of methoxy groups -OCH3 is 2. The predicted octanol–water partition coefficient (Wildman–Crippen LogP) is 3.35. The highest BCUT2D eigenvalue weighted by Gasteiger charge is 2.16. The maximum absolute atomic E-state index is 12.2. The van der Waals surface area contributed by atoms with Crippen LogP contribution in [-0.4, -0.2) is 38.7 Å². The van der Waals surface area contributed by atoms with Gasteiger partial charge in [-0.15, -0.1) is 0 Å². The van der Waals surface area contributed by atoms with Crippen molar-refractivity contribution < 1.29 is 28.6 Å². The van der Waals surface area contributed by atoms with Crippen LogP contribution in [0.5, 0.6) is 5.75 Å². The SMILES string of the molecule is COC(=O)c1ccc(C)c(NC(=O)COC(=O)c2cc(OC)ccc2Br)c1. The van der Waals surface area contributed by atoms with Crippen LogP contribution in [0.4, 0.5) is 5.69 Å². The molecule has 0 spiro atoms. The van der Waals surface area contributed by atoms with E-state index in [1.165, 1.54) is 26.4 Å². The van der Waals surface area contributed by atoms with Gasteiger partial charge in [-0.25, -0.2) is 9.59 Å². The normalized spacial score (nSPS) is 10.1. The van der Waals surface area contributed by atoms with Crippen LogP contribution in [0.15, 0.2) is 40.9 Å². The Morgan fingerprint density at radius 2 is 1.78 bits per heavy atom. The first-order valence-electron chi connectivity index (χ1n) is 7.85. The summed E-state index contributed by atoms with van der Waals surface area (Å²) < 4.78 is 15.3. The average Bonchev–Trinajstić information content (AvgIpc) is 2.67. The molecule has 7 nitrogen and oxygen atoms in total. The molecular formula is C19H18BrNO6. The number of rotatable bonds is 6. The quantitative estimate of drug-likeness (QED) is 0.699. The Labute approximate surface area is 164 Å². The summed E-state index contributed by atoms with van der Waals surface area (Å²) in [5.74, 6) is -1.23. The standard InChI is InChI=1S/C19H18BrNO6/c1-11-4-5-12(18(23)26-3)8-16(11)21-17(22)10-27-19(24)14-9-13(25-2)6-7-15(14)20/h4-9H,10H2,1-3H3,(H,21,22). The summed E-state index contributed by atoms with van der Waals surface area (Å²) in [4.78, 5) is 35.9. The van der Waals surface area contributed by atoms with E-state index in [2.05, 4.69) is 26.0 Å². The van der Waals surface area contributed by atoms with E-state index in [0.29, 0.717) is 21.5 Å². The Morgan fingerprint density at radius 3 is 2.44 bits per heavy atom. The van der Waals surface area contributed by atoms with Gasteiger partial charge in [-0.3, -0.25) is 4.79 Å². The number of benzene rings is 2. The molecule has 0 bridgehead atoms. The molecule has 0 heterocycles. The molecule has 142 valence electrons. The number of anilines is 1. The second kappa shape index (κ2) is 9.18. The van der Waals surface area contributed by atoms with Crippen LogP contribution in [-0.2, 0) is 14.3 Å². The first-order chi connectivity index (χ1) is 12.8. The number of esters is 2. The fraction of sp³-hybridized carbons (Fsp3) is 0.211. The number of hydrogen-bond donors (Lipinski definition) is 1. The zero-order chi connectivity index (χ0) is 20.0. The summed E-state index contributed by atoms with van der Waals surface area (Å²) >= 11 is 3.26. The number of carbonyl (C=O) groups excluding carboxylic acids is 3. The third kappa shape index (κ3) is 5.30. The largest absolute Gasteiger partial charge is 0.497 e. The summed E-state index contributed by atoms with van der Waals surface area (Å²) in [6, 6.07) is 9.62. The number of halogens is 1. The van der Waals surface area contributed by atoms with E-state index in [9.17, 15) is 14.4 Å². The van der Waals surface area contributed by atoms with Gasteiger partial charge >= 0.3 is 11.9 Å². The van der Waals surface area contributed by atoms with Gasteiger partial charge in [0.25, 0.3) is 5.91 Å². The summed E-state index contributed by atoms with van der Waals surface area (Å²) in [6.07, 6.45) is 0. The van der Waals surface area contributed by atoms with Crippen LogP contribution in [0.2, 0.25) is 0 Å². The molecule has 2 aromatic rings. The molecule has 0 saturated heterocycles. The number of ether oxygens (including phenoxy) is 3. The zero-order valence-electron chi connectivity index (χ0n) is 15.0. The lowest BCUT2D eigenvalue weighted by molar-refractivity contribution is -0.119. The van der Waals surface area contributed by atoms with Crippen LogP contribution < -0.4 is 10.1 Å². The van der Waals surface area contributed by atoms with Crippen molar-refractivity contribution in [2.45, 2.75) is 6.92 Å². The van der Waals surface area contributed by atoms with Crippen LogP contribution in [0, 0.1) is 6.92 Å². The average molecular weight is 436 g/mol. The molecule has 1 N–H and O–H groups in total. The van der Waals surface area contributed by atoms with Gasteiger partial charge in [-0.2, -0.15) is 0 Å². The molecule has 1 amide bonds. The van der Waals surface area contributed by atoms with E-state index in [0.717, 1.165) is 5.56 Å². The monoisotopic (exact) mass is 435 g/mol. The smallest absolute Gasteiger partial charge is 0.339 e. The van der Waals surface area contributed by atoms with Gasteiger partial charge in [0.15, 0.2) is 6.61 Å². The van der Waals surface area contributed by atoms with Crippen LogP contribution in [0.3, 0.4) is 0 Å². The summed E-state index contributed by atoms with van der Waals surface area (Å²) in [5, 5.41) is 2.61. The molecular weight excluding hydrogens is 418 g/mol. The molecule has 8 heteroatoms. The third-order valence-corrected chi connectivity index (χ3v) is 4.35. The molecule has 0 aliphatic rings. The van der Waals surface area contributed by atoms with E-state index in [-0.39, 0.29) is 5.56 Å². The van der Waals surface area contributed by atoms with Gasteiger partial charge < -0.3 is 19.5 Å². The Balaban J connectivity index is 2.02. The fourth-order valence-corrected chi connectivity index (χ4v) is 2.59. The van der Waals surface area contributed by atoms with Crippen molar-refractivity contribution in [3.8, 4) is 5.75 Å². The third-order valence-electron chi connectivity index (χ3n) is 3.66. The number of nitrogens with one attached hydrogen (secondary N) is 1. The highest BCUT2D eigenvalue weighted by molar-refractivity contribution is 9.10. The molecule has 27 heavy (non-hydrogen) atoms. The molecule has 2 aromatic carbocycles. The van der Waals surface area contributed by atoms with Crippen molar-refractivity contribution in [1.29, 1.82) is 0 Å². The van der Waals surface area contributed by atoms with Crippen molar-refractivity contribution in [1.82, 2.24) is 0 Å². The van der Waals surface area contributed by atoms with E-state index in [1.807, 2.05) is 0 Å². The molecule has 0 fully saturated rings. The maximum atomic E-state index is 12.2. The number of aryl methyl sites for hydroxylation is 1. The van der Waals surface area contributed by atoms with Gasteiger partial charge in [-0.1, -0.05) is 6.07 Å². The lowest BCUT2D eigenvalue weighted by Gasteiger charge is -2.11. The fourth-order valence-electron chi connectivity index (χ4n) is 2.18. The van der Waals surface area contributed by atoms with Gasteiger partial charge in [0.2, 0.25) is 0 Å². The first-order valence-corrected chi connectivity index (χ1v) is 8.64. The lowest BCUT2D eigenvalue weighted by atomic mass is 10.1. The maximum Gasteiger partial charge on any atom is 0.339 e. The minimum Gasteiger partial charge on any atom is -0.497 e. The molecule has 0 aliphatic carbocycles. The van der Waals surface area contributed by atoms with Crippen LogP contribution in [0.25, 0.3) is 0 Å². The number of amides is 1. The van der Waals surface area contributed by atoms with Gasteiger partial charge in [0.05, 0.1) is 25.3 Å². The molecule has 0 aliphatic heterocycles. The van der Waals surface area contributed by atoms with Crippen LogP contribution >= 0.6 is 15.9 Å². The number of hydrogen-bond acceptors (Lipinski definition) is 6.